The van der Waals surface area contributed by atoms with Crippen molar-refractivity contribution in [2.75, 3.05) is 13.1 Å². The van der Waals surface area contributed by atoms with E-state index in [9.17, 15) is 4.79 Å². The Kier molecular flexibility index (Phi) is 3.84. The normalized spacial score (nSPS) is 26.4. The number of aromatic amines is 1. The SMILES string of the molecule is Cc1cc(C(=O)N2CC[C@@H]3C[C@H](c4ccncn4)O[C@H]3C2)c(C)[nH]1. The van der Waals surface area contributed by atoms with E-state index in [2.05, 4.69) is 15.0 Å². The number of aromatic nitrogens is 3. The number of H-pyrrole nitrogens is 1. The Morgan fingerprint density at radius 1 is 1.42 bits per heavy atom. The number of aryl methyl sites for hydroxylation is 2. The quantitative estimate of drug-likeness (QED) is 0.920. The Balaban J connectivity index is 1.46. The van der Waals surface area contributed by atoms with Gasteiger partial charge < -0.3 is 14.6 Å². The van der Waals surface area contributed by atoms with Gasteiger partial charge in [0.25, 0.3) is 5.91 Å². The van der Waals surface area contributed by atoms with Crippen molar-refractivity contribution in [1.82, 2.24) is 19.9 Å². The highest BCUT2D eigenvalue weighted by Crippen LogP contribution is 2.40. The number of amides is 1. The average Bonchev–Trinajstić information content (AvgIpc) is 3.17. The highest BCUT2D eigenvalue weighted by molar-refractivity contribution is 5.95. The molecule has 2 aliphatic rings. The van der Waals surface area contributed by atoms with Crippen molar-refractivity contribution >= 4 is 5.91 Å². The molecule has 6 nitrogen and oxygen atoms in total. The first-order valence-corrected chi connectivity index (χ1v) is 8.48. The van der Waals surface area contributed by atoms with Gasteiger partial charge in [0.05, 0.1) is 17.4 Å². The van der Waals surface area contributed by atoms with Gasteiger partial charge in [0.1, 0.15) is 12.4 Å². The molecular weight excluding hydrogens is 304 g/mol. The Morgan fingerprint density at radius 3 is 3.00 bits per heavy atom. The molecule has 4 heterocycles. The first kappa shape index (κ1) is 15.3. The third-order valence-electron chi connectivity index (χ3n) is 5.15. The van der Waals surface area contributed by atoms with Gasteiger partial charge in [-0.15, -0.1) is 0 Å². The summed E-state index contributed by atoms with van der Waals surface area (Å²) in [4.78, 5) is 26.2. The van der Waals surface area contributed by atoms with Crippen LogP contribution in [0.2, 0.25) is 0 Å². The second-order valence-electron chi connectivity index (χ2n) is 6.82. The van der Waals surface area contributed by atoms with Gasteiger partial charge in [-0.25, -0.2) is 9.97 Å². The van der Waals surface area contributed by atoms with Crippen LogP contribution in [-0.4, -0.2) is 45.0 Å². The van der Waals surface area contributed by atoms with Crippen LogP contribution in [0.15, 0.2) is 24.7 Å². The zero-order valence-electron chi connectivity index (χ0n) is 14.0. The van der Waals surface area contributed by atoms with Crippen LogP contribution in [-0.2, 0) is 4.74 Å². The van der Waals surface area contributed by atoms with Crippen molar-refractivity contribution in [1.29, 1.82) is 0 Å². The van der Waals surface area contributed by atoms with Crippen LogP contribution >= 0.6 is 0 Å². The van der Waals surface area contributed by atoms with E-state index in [4.69, 9.17) is 4.74 Å². The number of likely N-dealkylation sites (tertiary alicyclic amines) is 1. The molecule has 2 aromatic heterocycles. The Bertz CT molecular complexity index is 743. The van der Waals surface area contributed by atoms with Gasteiger partial charge in [-0.05, 0) is 44.7 Å². The van der Waals surface area contributed by atoms with E-state index in [1.807, 2.05) is 30.9 Å². The highest BCUT2D eigenvalue weighted by atomic mass is 16.5. The molecule has 6 heteroatoms. The van der Waals surface area contributed by atoms with Gasteiger partial charge in [0, 0.05) is 30.7 Å². The average molecular weight is 326 g/mol. The summed E-state index contributed by atoms with van der Waals surface area (Å²) < 4.78 is 6.21. The second-order valence-corrected chi connectivity index (χ2v) is 6.82. The number of hydrogen-bond acceptors (Lipinski definition) is 4. The van der Waals surface area contributed by atoms with Crippen LogP contribution in [0.3, 0.4) is 0 Å². The number of carbonyl (C=O) groups is 1. The standard InChI is InChI=1S/C18H22N4O2/c1-11-7-14(12(2)21-11)18(23)22-6-4-13-8-16(24-17(13)9-22)15-3-5-19-10-20-15/h3,5,7,10,13,16-17,21H,4,6,8-9H2,1-2H3/t13-,16-,17+/m1/s1. The summed E-state index contributed by atoms with van der Waals surface area (Å²) in [5, 5.41) is 0. The molecule has 2 fully saturated rings. The van der Waals surface area contributed by atoms with Crippen molar-refractivity contribution in [2.45, 2.75) is 38.9 Å². The molecule has 3 atom stereocenters. The third-order valence-corrected chi connectivity index (χ3v) is 5.15. The fourth-order valence-corrected chi connectivity index (χ4v) is 3.91. The number of nitrogens with zero attached hydrogens (tertiary/aromatic N) is 3. The summed E-state index contributed by atoms with van der Waals surface area (Å²) in [6.07, 6.45) is 5.40. The number of nitrogens with one attached hydrogen (secondary N) is 1. The van der Waals surface area contributed by atoms with Crippen LogP contribution < -0.4 is 0 Å². The number of hydrogen-bond donors (Lipinski definition) is 1. The molecule has 126 valence electrons. The molecule has 2 aliphatic heterocycles. The molecule has 2 aromatic rings. The molecule has 1 N–H and O–H groups in total. The van der Waals surface area contributed by atoms with Crippen molar-refractivity contribution in [3.05, 3.63) is 47.3 Å². The number of piperidine rings is 1. The molecule has 0 saturated carbocycles. The first-order valence-electron chi connectivity index (χ1n) is 8.48. The Hall–Kier alpha value is -2.21. The minimum Gasteiger partial charge on any atom is -0.367 e. The van der Waals surface area contributed by atoms with Crippen molar-refractivity contribution in [3.63, 3.8) is 0 Å². The van der Waals surface area contributed by atoms with E-state index >= 15 is 0 Å². The van der Waals surface area contributed by atoms with Crippen molar-refractivity contribution < 1.29 is 9.53 Å². The highest BCUT2D eigenvalue weighted by Gasteiger charge is 2.41. The summed E-state index contributed by atoms with van der Waals surface area (Å²) >= 11 is 0. The zero-order valence-corrected chi connectivity index (χ0v) is 14.0. The molecule has 4 rings (SSSR count). The van der Waals surface area contributed by atoms with E-state index < -0.39 is 0 Å². The van der Waals surface area contributed by atoms with Crippen molar-refractivity contribution in [3.8, 4) is 0 Å². The van der Waals surface area contributed by atoms with E-state index in [0.29, 0.717) is 12.5 Å². The molecule has 1 amide bonds. The molecular formula is C18H22N4O2. The molecule has 0 aromatic carbocycles. The first-order chi connectivity index (χ1) is 11.6. The third kappa shape index (κ3) is 2.71. The lowest BCUT2D eigenvalue weighted by Gasteiger charge is -2.34. The predicted molar refractivity (Wildman–Crippen MR) is 88.5 cm³/mol. The molecule has 0 unspecified atom stereocenters. The minimum absolute atomic E-state index is 0.0225. The van der Waals surface area contributed by atoms with Gasteiger partial charge in [-0.2, -0.15) is 0 Å². The van der Waals surface area contributed by atoms with E-state index in [1.54, 1.807) is 12.5 Å². The molecule has 0 radical (unpaired) electrons. The second kappa shape index (κ2) is 6.02. The predicted octanol–water partition coefficient (Wildman–Crippen LogP) is 2.41. The van der Waals surface area contributed by atoms with Gasteiger partial charge >= 0.3 is 0 Å². The fraction of sp³-hybridized carbons (Fsp3) is 0.500. The maximum Gasteiger partial charge on any atom is 0.255 e. The van der Waals surface area contributed by atoms with Crippen LogP contribution in [0.4, 0.5) is 0 Å². The molecule has 24 heavy (non-hydrogen) atoms. The minimum atomic E-state index is 0.0225. The van der Waals surface area contributed by atoms with E-state index in [1.165, 1.54) is 0 Å². The number of rotatable bonds is 2. The summed E-state index contributed by atoms with van der Waals surface area (Å²) in [5.74, 6) is 0.604. The van der Waals surface area contributed by atoms with Gasteiger partial charge in [0.15, 0.2) is 0 Å². The van der Waals surface area contributed by atoms with Crippen LogP contribution in [0.5, 0.6) is 0 Å². The van der Waals surface area contributed by atoms with Gasteiger partial charge in [-0.3, -0.25) is 4.79 Å². The smallest absolute Gasteiger partial charge is 0.255 e. The Morgan fingerprint density at radius 2 is 2.29 bits per heavy atom. The van der Waals surface area contributed by atoms with Crippen LogP contribution in [0.1, 0.15) is 46.4 Å². The largest absolute Gasteiger partial charge is 0.367 e. The Labute approximate surface area is 141 Å². The van der Waals surface area contributed by atoms with E-state index in [-0.39, 0.29) is 18.1 Å². The summed E-state index contributed by atoms with van der Waals surface area (Å²) in [5.41, 5.74) is 3.67. The molecule has 0 spiro atoms. The maximum atomic E-state index is 12.8. The molecule has 0 bridgehead atoms. The maximum absolute atomic E-state index is 12.8. The molecule has 2 saturated heterocycles. The van der Waals surface area contributed by atoms with Gasteiger partial charge in [0.2, 0.25) is 0 Å². The number of carbonyl (C=O) groups excluding carboxylic acids is 1. The zero-order chi connectivity index (χ0) is 16.7. The molecule has 0 aliphatic carbocycles. The monoisotopic (exact) mass is 326 g/mol. The number of ether oxygens (including phenoxy) is 1. The summed E-state index contributed by atoms with van der Waals surface area (Å²) in [7, 11) is 0. The van der Waals surface area contributed by atoms with Crippen molar-refractivity contribution in [2.24, 2.45) is 5.92 Å². The number of fused-ring (bicyclic) bond motifs is 1. The lowest BCUT2D eigenvalue weighted by molar-refractivity contribution is -0.00566. The lowest BCUT2D eigenvalue weighted by Crippen LogP contribution is -2.45. The van der Waals surface area contributed by atoms with Crippen LogP contribution in [0.25, 0.3) is 0 Å². The summed E-state index contributed by atoms with van der Waals surface area (Å²) in [6.45, 7) is 5.38. The fourth-order valence-electron chi connectivity index (χ4n) is 3.91. The summed E-state index contributed by atoms with van der Waals surface area (Å²) in [6, 6.07) is 3.85. The van der Waals surface area contributed by atoms with Gasteiger partial charge in [-0.1, -0.05) is 0 Å². The lowest BCUT2D eigenvalue weighted by atomic mass is 9.91. The topological polar surface area (TPSA) is 71.1 Å². The van der Waals surface area contributed by atoms with Crippen LogP contribution in [0, 0.1) is 19.8 Å². The van der Waals surface area contributed by atoms with E-state index in [0.717, 1.165) is 42.0 Å².